The van der Waals surface area contributed by atoms with Crippen molar-refractivity contribution in [2.75, 3.05) is 32.1 Å². The first-order valence-corrected chi connectivity index (χ1v) is 6.41. The number of hydrogen-bond acceptors (Lipinski definition) is 3. The number of aryl methyl sites for hydroxylation is 1. The monoisotopic (exact) mass is 252 g/mol. The van der Waals surface area contributed by atoms with Gasteiger partial charge in [0.2, 0.25) is 5.91 Å². The SMILES string of the molecule is CCn1cc(N(CC(=O)N(C)C)CC(C)C)cn1. The largest absolute Gasteiger partial charge is 0.359 e. The number of rotatable bonds is 6. The molecule has 0 aliphatic heterocycles. The maximum absolute atomic E-state index is 11.8. The number of amides is 1. The van der Waals surface area contributed by atoms with Crippen molar-refractivity contribution in [3.8, 4) is 0 Å². The molecule has 0 aliphatic rings. The van der Waals surface area contributed by atoms with Gasteiger partial charge in [-0.1, -0.05) is 13.8 Å². The molecule has 1 aromatic heterocycles. The summed E-state index contributed by atoms with van der Waals surface area (Å²) in [7, 11) is 3.57. The summed E-state index contributed by atoms with van der Waals surface area (Å²) in [6.45, 7) is 8.45. The Balaban J connectivity index is 2.80. The second kappa shape index (κ2) is 6.42. The summed E-state index contributed by atoms with van der Waals surface area (Å²) < 4.78 is 1.88. The molecule has 18 heavy (non-hydrogen) atoms. The minimum Gasteiger partial charge on any atom is -0.359 e. The van der Waals surface area contributed by atoms with E-state index in [0.29, 0.717) is 12.5 Å². The zero-order valence-electron chi connectivity index (χ0n) is 12.1. The van der Waals surface area contributed by atoms with E-state index in [4.69, 9.17) is 0 Å². The van der Waals surface area contributed by atoms with Crippen LogP contribution in [-0.2, 0) is 11.3 Å². The zero-order chi connectivity index (χ0) is 13.7. The molecule has 0 radical (unpaired) electrons. The molecule has 0 saturated carbocycles. The van der Waals surface area contributed by atoms with Gasteiger partial charge in [0.1, 0.15) is 0 Å². The first-order valence-electron chi connectivity index (χ1n) is 6.41. The number of anilines is 1. The molecule has 0 atom stereocenters. The highest BCUT2D eigenvalue weighted by molar-refractivity contribution is 5.80. The van der Waals surface area contributed by atoms with E-state index in [-0.39, 0.29) is 5.91 Å². The second-order valence-electron chi connectivity index (χ2n) is 5.12. The van der Waals surface area contributed by atoms with Crippen LogP contribution in [0.4, 0.5) is 5.69 Å². The van der Waals surface area contributed by atoms with E-state index >= 15 is 0 Å². The fourth-order valence-corrected chi connectivity index (χ4v) is 1.70. The quantitative estimate of drug-likeness (QED) is 0.769. The lowest BCUT2D eigenvalue weighted by atomic mass is 10.2. The number of hydrogen-bond donors (Lipinski definition) is 0. The Morgan fingerprint density at radius 3 is 2.56 bits per heavy atom. The van der Waals surface area contributed by atoms with Gasteiger partial charge >= 0.3 is 0 Å². The minimum absolute atomic E-state index is 0.111. The van der Waals surface area contributed by atoms with Gasteiger partial charge in [-0.2, -0.15) is 5.10 Å². The summed E-state index contributed by atoms with van der Waals surface area (Å²) >= 11 is 0. The molecule has 0 spiro atoms. The van der Waals surface area contributed by atoms with Crippen molar-refractivity contribution in [3.05, 3.63) is 12.4 Å². The van der Waals surface area contributed by atoms with Crippen molar-refractivity contribution in [1.29, 1.82) is 0 Å². The van der Waals surface area contributed by atoms with Gasteiger partial charge in [0.15, 0.2) is 0 Å². The number of likely N-dealkylation sites (N-methyl/N-ethyl adjacent to an activating group) is 1. The van der Waals surface area contributed by atoms with Crippen LogP contribution in [0.5, 0.6) is 0 Å². The number of nitrogens with zero attached hydrogens (tertiary/aromatic N) is 4. The van der Waals surface area contributed by atoms with Crippen molar-refractivity contribution in [3.63, 3.8) is 0 Å². The van der Waals surface area contributed by atoms with Gasteiger partial charge in [0.25, 0.3) is 0 Å². The normalized spacial score (nSPS) is 10.8. The maximum atomic E-state index is 11.8. The van der Waals surface area contributed by atoms with E-state index in [1.54, 1.807) is 19.0 Å². The smallest absolute Gasteiger partial charge is 0.241 e. The molecule has 5 heteroatoms. The highest BCUT2D eigenvalue weighted by atomic mass is 16.2. The fraction of sp³-hybridized carbons (Fsp3) is 0.692. The molecule has 0 aromatic carbocycles. The van der Waals surface area contributed by atoms with E-state index in [1.807, 2.05) is 17.1 Å². The van der Waals surface area contributed by atoms with Crippen molar-refractivity contribution < 1.29 is 4.79 Å². The molecule has 0 N–H and O–H groups in total. The molecular weight excluding hydrogens is 228 g/mol. The summed E-state index contributed by atoms with van der Waals surface area (Å²) in [5.41, 5.74) is 1.01. The average molecular weight is 252 g/mol. The van der Waals surface area contributed by atoms with Crippen molar-refractivity contribution in [2.45, 2.75) is 27.3 Å². The number of aromatic nitrogens is 2. The highest BCUT2D eigenvalue weighted by Gasteiger charge is 2.15. The van der Waals surface area contributed by atoms with E-state index in [9.17, 15) is 4.79 Å². The Labute approximate surface area is 109 Å². The van der Waals surface area contributed by atoms with Gasteiger partial charge in [-0.05, 0) is 12.8 Å². The first kappa shape index (κ1) is 14.5. The highest BCUT2D eigenvalue weighted by Crippen LogP contribution is 2.14. The Hall–Kier alpha value is -1.52. The van der Waals surface area contributed by atoms with Crippen molar-refractivity contribution >= 4 is 11.6 Å². The second-order valence-corrected chi connectivity index (χ2v) is 5.12. The molecule has 1 heterocycles. The Morgan fingerprint density at radius 2 is 2.11 bits per heavy atom. The van der Waals surface area contributed by atoms with Crippen LogP contribution in [0.25, 0.3) is 0 Å². The van der Waals surface area contributed by atoms with Gasteiger partial charge < -0.3 is 9.80 Å². The average Bonchev–Trinajstić information content (AvgIpc) is 2.75. The van der Waals surface area contributed by atoms with Crippen molar-refractivity contribution in [1.82, 2.24) is 14.7 Å². The van der Waals surface area contributed by atoms with E-state index < -0.39 is 0 Å². The van der Waals surface area contributed by atoms with Crippen LogP contribution in [0.3, 0.4) is 0 Å². The molecule has 0 saturated heterocycles. The number of carbonyl (C=O) groups is 1. The molecular formula is C13H24N4O. The lowest BCUT2D eigenvalue weighted by molar-refractivity contribution is -0.127. The van der Waals surface area contributed by atoms with Crippen molar-refractivity contribution in [2.24, 2.45) is 5.92 Å². The van der Waals surface area contributed by atoms with Gasteiger partial charge in [-0.3, -0.25) is 9.48 Å². The van der Waals surface area contributed by atoms with Gasteiger partial charge in [0.05, 0.1) is 18.4 Å². The van der Waals surface area contributed by atoms with E-state index in [2.05, 4.69) is 30.8 Å². The zero-order valence-corrected chi connectivity index (χ0v) is 12.1. The third-order valence-corrected chi connectivity index (χ3v) is 2.72. The lowest BCUT2D eigenvalue weighted by Gasteiger charge is -2.25. The predicted molar refractivity (Wildman–Crippen MR) is 73.6 cm³/mol. The van der Waals surface area contributed by atoms with E-state index in [0.717, 1.165) is 18.8 Å². The molecule has 1 rings (SSSR count). The summed E-state index contributed by atoms with van der Waals surface area (Å²) in [5.74, 6) is 0.616. The predicted octanol–water partition coefficient (Wildman–Crippen LogP) is 1.45. The summed E-state index contributed by atoms with van der Waals surface area (Å²) in [5, 5.41) is 4.27. The van der Waals surface area contributed by atoms with Crippen LogP contribution in [0.2, 0.25) is 0 Å². The molecule has 1 amide bonds. The Bertz CT molecular complexity index is 384. The molecule has 0 fully saturated rings. The lowest BCUT2D eigenvalue weighted by Crippen LogP contribution is -2.38. The van der Waals surface area contributed by atoms with Gasteiger partial charge in [-0.15, -0.1) is 0 Å². The molecule has 102 valence electrons. The first-order chi connectivity index (χ1) is 8.43. The van der Waals surface area contributed by atoms with Crippen LogP contribution in [-0.4, -0.2) is 47.8 Å². The molecule has 0 bridgehead atoms. The third-order valence-electron chi connectivity index (χ3n) is 2.72. The Morgan fingerprint density at radius 1 is 1.44 bits per heavy atom. The molecule has 0 aliphatic carbocycles. The van der Waals surface area contributed by atoms with E-state index in [1.165, 1.54) is 0 Å². The Kier molecular flexibility index (Phi) is 5.19. The molecule has 5 nitrogen and oxygen atoms in total. The number of carbonyl (C=O) groups excluding carboxylic acids is 1. The third kappa shape index (κ3) is 4.05. The summed E-state index contributed by atoms with van der Waals surface area (Å²) in [4.78, 5) is 15.6. The molecule has 1 aromatic rings. The molecule has 0 unspecified atom stereocenters. The van der Waals surface area contributed by atoms with Crippen LogP contribution in [0, 0.1) is 5.92 Å². The fourth-order valence-electron chi connectivity index (χ4n) is 1.70. The van der Waals surface area contributed by atoms with Crippen LogP contribution in [0.15, 0.2) is 12.4 Å². The minimum atomic E-state index is 0.111. The van der Waals surface area contributed by atoms with Gasteiger partial charge in [0, 0.05) is 33.4 Å². The van der Waals surface area contributed by atoms with Gasteiger partial charge in [-0.25, -0.2) is 0 Å². The van der Waals surface area contributed by atoms with Crippen LogP contribution >= 0.6 is 0 Å². The standard InChI is InChI=1S/C13H24N4O/c1-6-17-9-12(7-14-17)16(8-11(2)3)10-13(18)15(4)5/h7,9,11H,6,8,10H2,1-5H3. The summed E-state index contributed by atoms with van der Waals surface area (Å²) in [6, 6.07) is 0. The maximum Gasteiger partial charge on any atom is 0.241 e. The van der Waals surface area contributed by atoms with Crippen LogP contribution < -0.4 is 4.90 Å². The topological polar surface area (TPSA) is 41.4 Å². The summed E-state index contributed by atoms with van der Waals surface area (Å²) in [6.07, 6.45) is 3.82. The van der Waals surface area contributed by atoms with Crippen LogP contribution in [0.1, 0.15) is 20.8 Å².